The smallest absolute Gasteiger partial charge is 0.410 e. The van der Waals surface area contributed by atoms with Gasteiger partial charge in [0.2, 0.25) is 0 Å². The summed E-state index contributed by atoms with van der Waals surface area (Å²) in [5.74, 6) is 8.78. The van der Waals surface area contributed by atoms with Crippen LogP contribution in [0.15, 0.2) is 67.0 Å². The molecule has 43 heavy (non-hydrogen) atoms. The maximum Gasteiger partial charge on any atom is 0.410 e. The lowest BCUT2D eigenvalue weighted by molar-refractivity contribution is -0.385. The van der Waals surface area contributed by atoms with Crippen molar-refractivity contribution in [3.05, 3.63) is 88.2 Å². The first-order valence-corrected chi connectivity index (χ1v) is 14.1. The average molecular weight is 578 g/mol. The van der Waals surface area contributed by atoms with Gasteiger partial charge in [-0.3, -0.25) is 10.1 Å². The summed E-state index contributed by atoms with van der Waals surface area (Å²) in [4.78, 5) is 34.4. The molecule has 2 heterocycles. The Morgan fingerprint density at radius 2 is 1.81 bits per heavy atom. The largest absolute Gasteiger partial charge is 0.457 e. The minimum absolute atomic E-state index is 0.0914. The molecule has 3 aromatic carbocycles. The number of benzene rings is 3. The molecule has 218 valence electrons. The van der Waals surface area contributed by atoms with E-state index < -0.39 is 10.5 Å². The summed E-state index contributed by atoms with van der Waals surface area (Å²) in [5, 5.41) is 15.8. The van der Waals surface area contributed by atoms with E-state index >= 15 is 0 Å². The number of para-hydroxylation sites is 1. The third kappa shape index (κ3) is 6.06. The van der Waals surface area contributed by atoms with E-state index in [1.54, 1.807) is 11.0 Å². The van der Waals surface area contributed by atoms with Crippen LogP contribution in [0.3, 0.4) is 0 Å². The second kappa shape index (κ2) is 10.9. The monoisotopic (exact) mass is 577 g/mol. The van der Waals surface area contributed by atoms with Crippen LogP contribution in [0.2, 0.25) is 0 Å². The molecular formula is C33H31N5O5. The van der Waals surface area contributed by atoms with E-state index in [4.69, 9.17) is 9.47 Å². The number of hydrogen-bond acceptors (Lipinski definition) is 8. The Morgan fingerprint density at radius 3 is 2.49 bits per heavy atom. The maximum absolute atomic E-state index is 12.4. The Labute approximate surface area is 249 Å². The zero-order valence-electron chi connectivity index (χ0n) is 24.3. The fourth-order valence-electron chi connectivity index (χ4n) is 5.41. The fourth-order valence-corrected chi connectivity index (χ4v) is 5.41. The van der Waals surface area contributed by atoms with Crippen molar-refractivity contribution in [1.29, 1.82) is 0 Å². The zero-order valence-corrected chi connectivity index (χ0v) is 24.3. The quantitative estimate of drug-likeness (QED) is 0.155. The topological polar surface area (TPSA) is 120 Å². The van der Waals surface area contributed by atoms with E-state index in [-0.39, 0.29) is 29.5 Å². The number of nitro groups is 1. The number of carbonyl (C=O) groups is 1. The van der Waals surface area contributed by atoms with Gasteiger partial charge < -0.3 is 19.7 Å². The average Bonchev–Trinajstić information content (AvgIpc) is 3.40. The molecule has 1 saturated heterocycles. The number of fused-ring (bicyclic) bond motifs is 2. The molecule has 10 heteroatoms. The molecule has 1 aliphatic heterocycles. The second-order valence-corrected chi connectivity index (χ2v) is 11.9. The molecule has 0 spiro atoms. The summed E-state index contributed by atoms with van der Waals surface area (Å²) in [6.45, 7) is 8.64. The van der Waals surface area contributed by atoms with Crippen molar-refractivity contribution in [2.24, 2.45) is 17.8 Å². The molecule has 1 saturated carbocycles. The number of ether oxygens (including phenoxy) is 2. The van der Waals surface area contributed by atoms with Gasteiger partial charge in [-0.1, -0.05) is 30.0 Å². The number of hydrogen-bond donors (Lipinski definition) is 1. The molecule has 1 aromatic heterocycles. The van der Waals surface area contributed by atoms with Crippen LogP contribution in [0.1, 0.15) is 31.9 Å². The van der Waals surface area contributed by atoms with E-state index in [0.29, 0.717) is 35.4 Å². The van der Waals surface area contributed by atoms with Crippen molar-refractivity contribution in [2.75, 3.05) is 18.4 Å². The molecule has 1 amide bonds. The molecule has 2 unspecified atom stereocenters. The minimum atomic E-state index is -0.544. The Morgan fingerprint density at radius 1 is 1.07 bits per heavy atom. The lowest BCUT2D eigenvalue weighted by Crippen LogP contribution is -2.37. The number of aromatic nitrogens is 2. The number of likely N-dealkylation sites (tertiary alicyclic amines) is 1. The van der Waals surface area contributed by atoms with Gasteiger partial charge in [0.05, 0.1) is 10.4 Å². The third-order valence-electron chi connectivity index (χ3n) is 7.58. The van der Waals surface area contributed by atoms with Gasteiger partial charge >= 0.3 is 6.09 Å². The first kappa shape index (κ1) is 28.0. The van der Waals surface area contributed by atoms with Crippen molar-refractivity contribution in [2.45, 2.75) is 33.3 Å². The van der Waals surface area contributed by atoms with Crippen LogP contribution in [-0.2, 0) is 4.74 Å². The third-order valence-corrected chi connectivity index (χ3v) is 7.58. The van der Waals surface area contributed by atoms with Crippen LogP contribution in [0.25, 0.3) is 10.9 Å². The molecule has 2 aliphatic rings. The first-order valence-electron chi connectivity index (χ1n) is 14.1. The van der Waals surface area contributed by atoms with Crippen LogP contribution >= 0.6 is 0 Å². The van der Waals surface area contributed by atoms with Crippen LogP contribution in [0.4, 0.5) is 22.0 Å². The minimum Gasteiger partial charge on any atom is -0.457 e. The summed E-state index contributed by atoms with van der Waals surface area (Å²) >= 11 is 0. The number of amides is 1. The first-order chi connectivity index (χ1) is 20.6. The number of nitro benzene ring substituents is 1. The van der Waals surface area contributed by atoms with Gasteiger partial charge in [-0.25, -0.2) is 14.8 Å². The normalized spacial score (nSPS) is 18.8. The van der Waals surface area contributed by atoms with E-state index in [0.717, 1.165) is 22.7 Å². The summed E-state index contributed by atoms with van der Waals surface area (Å²) in [6.07, 6.45) is 1.11. The van der Waals surface area contributed by atoms with Gasteiger partial charge in [0.1, 0.15) is 34.8 Å². The Kier molecular flexibility index (Phi) is 7.10. The number of piperidine rings is 1. The van der Waals surface area contributed by atoms with Gasteiger partial charge in [-0.2, -0.15) is 0 Å². The number of nitrogens with one attached hydrogen (secondary N) is 1. The van der Waals surface area contributed by atoms with Crippen LogP contribution in [-0.4, -0.2) is 44.6 Å². The number of aryl methyl sites for hydroxylation is 1. The predicted molar refractivity (Wildman–Crippen MR) is 162 cm³/mol. The zero-order chi connectivity index (χ0) is 30.3. The van der Waals surface area contributed by atoms with Crippen molar-refractivity contribution in [1.82, 2.24) is 14.9 Å². The maximum atomic E-state index is 12.4. The summed E-state index contributed by atoms with van der Waals surface area (Å²) in [7, 11) is 0. The molecule has 10 nitrogen and oxygen atoms in total. The van der Waals surface area contributed by atoms with Crippen LogP contribution in [0, 0.1) is 46.6 Å². The fraction of sp³-hybridized carbons (Fsp3) is 0.303. The molecule has 1 aliphatic carbocycles. The lowest BCUT2D eigenvalue weighted by Gasteiger charge is -2.25. The predicted octanol–water partition coefficient (Wildman–Crippen LogP) is 6.85. The molecule has 6 rings (SSSR count). The number of anilines is 2. The SMILES string of the molecule is Cc1cc(Nc2ncnc3cc(C#CC4C5CN(C(=O)OC(C)(C)C)CC45)c([N+](=O)[O-])cc23)ccc1Oc1ccccc1. The Balaban J connectivity index is 1.19. The van der Waals surface area contributed by atoms with E-state index in [2.05, 4.69) is 27.1 Å². The molecule has 0 radical (unpaired) electrons. The number of carbonyl (C=O) groups excluding carboxylic acids is 1. The highest BCUT2D eigenvalue weighted by Crippen LogP contribution is 2.51. The highest BCUT2D eigenvalue weighted by Gasteiger charge is 2.56. The van der Waals surface area contributed by atoms with Crippen LogP contribution in [0.5, 0.6) is 11.5 Å². The standard InChI is InChI=1S/C33H31N5O5/c1-20-14-22(11-13-30(20)42-23-8-6-5-7-9-23)36-31-25-16-29(38(40)41)21(15-28(25)34-19-35-31)10-12-24-26-17-37(18-27(24)26)32(39)43-33(2,3)4/h5-9,11,13-16,19,24,26-27H,17-18H2,1-4H3,(H,34,35,36). The van der Waals surface area contributed by atoms with Crippen LogP contribution < -0.4 is 10.1 Å². The van der Waals surface area contributed by atoms with Gasteiger partial charge in [0.15, 0.2) is 0 Å². The molecule has 0 bridgehead atoms. The van der Waals surface area contributed by atoms with E-state index in [9.17, 15) is 14.9 Å². The van der Waals surface area contributed by atoms with E-state index in [1.807, 2.05) is 76.2 Å². The molecule has 2 fully saturated rings. The summed E-state index contributed by atoms with van der Waals surface area (Å²) < 4.78 is 11.4. The lowest BCUT2D eigenvalue weighted by atomic mass is 10.1. The Bertz CT molecular complexity index is 1780. The van der Waals surface area contributed by atoms with Crippen molar-refractivity contribution in [3.8, 4) is 23.3 Å². The summed E-state index contributed by atoms with van der Waals surface area (Å²) in [5.41, 5.74) is 1.86. The van der Waals surface area contributed by atoms with E-state index in [1.165, 1.54) is 12.4 Å². The highest BCUT2D eigenvalue weighted by atomic mass is 16.6. The number of rotatable bonds is 5. The molecule has 2 atom stereocenters. The van der Waals surface area contributed by atoms with Gasteiger partial charge in [-0.05, 0) is 81.5 Å². The van der Waals surface area contributed by atoms with Crippen molar-refractivity contribution < 1.29 is 19.2 Å². The highest BCUT2D eigenvalue weighted by molar-refractivity contribution is 5.93. The molecule has 4 aromatic rings. The summed E-state index contributed by atoms with van der Waals surface area (Å²) in [6, 6.07) is 18.3. The van der Waals surface area contributed by atoms with Crippen molar-refractivity contribution in [3.63, 3.8) is 0 Å². The van der Waals surface area contributed by atoms with Gasteiger partial charge in [0.25, 0.3) is 5.69 Å². The molecule has 1 N–H and O–H groups in total. The Hall–Kier alpha value is -5.17. The van der Waals surface area contributed by atoms with Gasteiger partial charge in [0, 0.05) is 36.1 Å². The molecular weight excluding hydrogens is 546 g/mol. The second-order valence-electron chi connectivity index (χ2n) is 11.9. The number of nitrogens with zero attached hydrogens (tertiary/aromatic N) is 4. The van der Waals surface area contributed by atoms with Crippen molar-refractivity contribution >= 4 is 34.2 Å². The van der Waals surface area contributed by atoms with Gasteiger partial charge in [-0.15, -0.1) is 0 Å².